The first-order chi connectivity index (χ1) is 4.16. The zero-order valence-electron chi connectivity index (χ0n) is 5.72. The summed E-state index contributed by atoms with van der Waals surface area (Å²) in [6, 6.07) is 0. The molecule has 0 aliphatic heterocycles. The zero-order chi connectivity index (χ0) is 7.28. The van der Waals surface area contributed by atoms with Gasteiger partial charge in [0.2, 0.25) is 0 Å². The summed E-state index contributed by atoms with van der Waals surface area (Å²) in [5.41, 5.74) is 0. The van der Waals surface area contributed by atoms with Gasteiger partial charge < -0.3 is 4.74 Å². The maximum absolute atomic E-state index is 10.4. The summed E-state index contributed by atoms with van der Waals surface area (Å²) in [7, 11) is 0. The molecule has 0 aromatic carbocycles. The van der Waals surface area contributed by atoms with Crippen LogP contribution in [0, 0.1) is 0 Å². The minimum Gasteiger partial charge on any atom is -0.463 e. The molecule has 0 spiro atoms. The number of esters is 1. The summed E-state index contributed by atoms with van der Waals surface area (Å²) in [6.45, 7) is 3.15. The summed E-state index contributed by atoms with van der Waals surface area (Å²) in [6.07, 6.45) is -0.465. The van der Waals surface area contributed by atoms with Gasteiger partial charge in [-0.25, -0.2) is 5.11 Å². The molecule has 1 atom stereocenters. The second-order valence-corrected chi connectivity index (χ2v) is 1.85. The first-order valence-electron chi connectivity index (χ1n) is 2.98. The quantitative estimate of drug-likeness (QED) is 0.531. The number of hydrogen-bond acceptors (Lipinski definition) is 2. The topological polar surface area (TPSA) is 46.2 Å². The van der Waals surface area contributed by atoms with Gasteiger partial charge in [-0.05, 0) is 6.92 Å². The molecule has 53 valence electrons. The second kappa shape index (κ2) is 4.32. The Morgan fingerprint density at radius 3 is 2.56 bits per heavy atom. The molecule has 0 aliphatic carbocycles. The molecule has 1 unspecified atom stereocenters. The van der Waals surface area contributed by atoms with Crippen LogP contribution in [0.15, 0.2) is 0 Å². The molecule has 0 bridgehead atoms. The van der Waals surface area contributed by atoms with E-state index in [1.165, 1.54) is 6.92 Å². The molecular weight excluding hydrogens is 120 g/mol. The van der Waals surface area contributed by atoms with E-state index in [-0.39, 0.29) is 12.6 Å². The second-order valence-electron chi connectivity index (χ2n) is 1.85. The third kappa shape index (κ3) is 5.30. The van der Waals surface area contributed by atoms with Crippen molar-refractivity contribution in [1.82, 2.24) is 0 Å². The van der Waals surface area contributed by atoms with E-state index in [9.17, 15) is 9.90 Å². The van der Waals surface area contributed by atoms with Crippen molar-refractivity contribution in [3.05, 3.63) is 0 Å². The van der Waals surface area contributed by atoms with Gasteiger partial charge in [0.15, 0.2) is 0 Å². The fraction of sp³-hybridized carbons (Fsp3) is 0.833. The largest absolute Gasteiger partial charge is 0.463 e. The highest BCUT2D eigenvalue weighted by Gasteiger charge is 2.01. The van der Waals surface area contributed by atoms with Gasteiger partial charge in [-0.3, -0.25) is 4.79 Å². The molecule has 3 nitrogen and oxygen atoms in total. The molecule has 0 N–H and O–H groups in total. The van der Waals surface area contributed by atoms with Gasteiger partial charge in [0.1, 0.15) is 12.7 Å². The Labute approximate surface area is 54.6 Å². The maximum Gasteiger partial charge on any atom is 0.305 e. The first kappa shape index (κ1) is 8.43. The Morgan fingerprint density at radius 2 is 2.22 bits per heavy atom. The molecule has 0 saturated carbocycles. The average Bonchev–Trinajstić information content (AvgIpc) is 1.83. The first-order valence-corrected chi connectivity index (χ1v) is 2.98. The zero-order valence-corrected chi connectivity index (χ0v) is 5.72. The lowest BCUT2D eigenvalue weighted by atomic mass is 10.4. The molecular formula is C6H11O3. The van der Waals surface area contributed by atoms with Crippen LogP contribution < -0.4 is 0 Å². The number of rotatable bonds is 3. The number of carbonyl (C=O) groups is 1. The number of carbonyl (C=O) groups excluding carboxylic acids is 1. The van der Waals surface area contributed by atoms with Gasteiger partial charge in [-0.2, -0.15) is 0 Å². The molecule has 0 aromatic heterocycles. The Morgan fingerprint density at radius 1 is 1.67 bits per heavy atom. The Bertz CT molecular complexity index is 88.3. The van der Waals surface area contributed by atoms with Crippen LogP contribution in [0.3, 0.4) is 0 Å². The summed E-state index contributed by atoms with van der Waals surface area (Å²) in [4.78, 5) is 10.4. The van der Waals surface area contributed by atoms with Crippen molar-refractivity contribution in [1.29, 1.82) is 0 Å². The van der Waals surface area contributed by atoms with Gasteiger partial charge in [-0.1, -0.05) is 6.92 Å². The highest BCUT2D eigenvalue weighted by molar-refractivity contribution is 5.68. The Kier molecular flexibility index (Phi) is 4.05. The lowest BCUT2D eigenvalue weighted by molar-refractivity contribution is -0.147. The van der Waals surface area contributed by atoms with Crippen molar-refractivity contribution >= 4 is 5.97 Å². The van der Waals surface area contributed by atoms with Crippen LogP contribution in [-0.2, 0) is 14.6 Å². The lowest BCUT2D eigenvalue weighted by Gasteiger charge is -2.01. The van der Waals surface area contributed by atoms with Crippen LogP contribution in [0.5, 0.6) is 0 Å². The van der Waals surface area contributed by atoms with Gasteiger partial charge >= 0.3 is 5.97 Å². The van der Waals surface area contributed by atoms with E-state index < -0.39 is 6.10 Å². The van der Waals surface area contributed by atoms with Crippen LogP contribution in [0.4, 0.5) is 0 Å². The van der Waals surface area contributed by atoms with Crippen LogP contribution >= 0.6 is 0 Å². The Balaban J connectivity index is 3.17. The highest BCUT2D eigenvalue weighted by atomic mass is 16.5. The summed E-state index contributed by atoms with van der Waals surface area (Å²) in [5, 5.41) is 10.3. The van der Waals surface area contributed by atoms with Gasteiger partial charge in [0, 0.05) is 6.42 Å². The van der Waals surface area contributed by atoms with Gasteiger partial charge in [-0.15, -0.1) is 0 Å². The average molecular weight is 131 g/mol. The molecule has 0 aliphatic rings. The minimum atomic E-state index is -0.805. The Hall–Kier alpha value is -0.570. The fourth-order valence-electron chi connectivity index (χ4n) is 0.312. The van der Waals surface area contributed by atoms with E-state index in [2.05, 4.69) is 4.74 Å². The van der Waals surface area contributed by atoms with E-state index in [1.807, 2.05) is 0 Å². The molecule has 0 rings (SSSR count). The molecule has 0 saturated heterocycles. The van der Waals surface area contributed by atoms with Crippen molar-refractivity contribution in [2.24, 2.45) is 0 Å². The van der Waals surface area contributed by atoms with Gasteiger partial charge in [0.25, 0.3) is 0 Å². The molecule has 1 radical (unpaired) electrons. The highest BCUT2D eigenvalue weighted by Crippen LogP contribution is 1.87. The molecule has 0 aromatic rings. The smallest absolute Gasteiger partial charge is 0.305 e. The van der Waals surface area contributed by atoms with E-state index >= 15 is 0 Å². The van der Waals surface area contributed by atoms with E-state index in [0.717, 1.165) is 0 Å². The van der Waals surface area contributed by atoms with E-state index in [4.69, 9.17) is 0 Å². The van der Waals surface area contributed by atoms with Crippen molar-refractivity contribution in [3.8, 4) is 0 Å². The van der Waals surface area contributed by atoms with Crippen LogP contribution in [0.1, 0.15) is 20.3 Å². The molecule has 3 heteroatoms. The molecule has 0 heterocycles. The summed E-state index contributed by atoms with van der Waals surface area (Å²) >= 11 is 0. The number of ether oxygens (including phenoxy) is 1. The van der Waals surface area contributed by atoms with Crippen LogP contribution in [0.2, 0.25) is 0 Å². The number of hydrogen-bond donors (Lipinski definition) is 0. The van der Waals surface area contributed by atoms with Crippen molar-refractivity contribution < 1.29 is 14.6 Å². The molecule has 0 fully saturated rings. The van der Waals surface area contributed by atoms with Crippen molar-refractivity contribution in [2.45, 2.75) is 26.4 Å². The van der Waals surface area contributed by atoms with Crippen LogP contribution in [-0.4, -0.2) is 18.7 Å². The van der Waals surface area contributed by atoms with E-state index in [1.54, 1.807) is 6.92 Å². The standard InChI is InChI=1S/C6H11O3/c1-3-6(8)9-4-5(2)7/h5H,3-4H2,1-2H3. The lowest BCUT2D eigenvalue weighted by Crippen LogP contribution is -2.13. The van der Waals surface area contributed by atoms with E-state index in [0.29, 0.717) is 6.42 Å². The third-order valence-electron chi connectivity index (χ3n) is 0.768. The van der Waals surface area contributed by atoms with Crippen molar-refractivity contribution in [2.75, 3.05) is 6.61 Å². The van der Waals surface area contributed by atoms with Crippen molar-refractivity contribution in [3.63, 3.8) is 0 Å². The molecule has 9 heavy (non-hydrogen) atoms. The fourth-order valence-corrected chi connectivity index (χ4v) is 0.312. The van der Waals surface area contributed by atoms with Crippen LogP contribution in [0.25, 0.3) is 0 Å². The van der Waals surface area contributed by atoms with Gasteiger partial charge in [0.05, 0.1) is 0 Å². The predicted molar refractivity (Wildman–Crippen MR) is 31.4 cm³/mol. The maximum atomic E-state index is 10.4. The SMILES string of the molecule is CCC(=O)OCC(C)[O]. The predicted octanol–water partition coefficient (Wildman–Crippen LogP) is 0.759. The minimum absolute atomic E-state index is 0.00727. The summed E-state index contributed by atoms with van der Waals surface area (Å²) < 4.78 is 4.50. The normalized spacial score (nSPS) is 12.8. The monoisotopic (exact) mass is 131 g/mol. The molecule has 0 amide bonds. The third-order valence-corrected chi connectivity index (χ3v) is 0.768. The summed E-state index contributed by atoms with van der Waals surface area (Å²) in [5.74, 6) is -0.308.